The second-order valence-corrected chi connectivity index (χ2v) is 8.51. The third-order valence-electron chi connectivity index (χ3n) is 5.01. The number of carbonyl (C=O) groups is 1. The fraction of sp³-hybridized carbons (Fsp3) is 0.375. The van der Waals surface area contributed by atoms with E-state index in [2.05, 4.69) is 69.3 Å². The maximum atomic E-state index is 11.7. The molecule has 136 valence electrons. The van der Waals surface area contributed by atoms with Crippen molar-refractivity contribution >= 4 is 16.8 Å². The number of fused-ring (bicyclic) bond motifs is 1. The van der Waals surface area contributed by atoms with Crippen LogP contribution >= 0.6 is 0 Å². The van der Waals surface area contributed by atoms with Crippen molar-refractivity contribution in [1.82, 2.24) is 4.57 Å². The van der Waals surface area contributed by atoms with Gasteiger partial charge in [0.1, 0.15) is 0 Å². The van der Waals surface area contributed by atoms with Gasteiger partial charge in [-0.2, -0.15) is 0 Å². The molecule has 3 aromatic rings. The topological polar surface area (TPSA) is 22.0 Å². The molecule has 0 aliphatic heterocycles. The average Bonchev–Trinajstić information content (AvgIpc) is 3.02. The maximum Gasteiger partial charge on any atom is 0.227 e. The van der Waals surface area contributed by atoms with Crippen LogP contribution in [0.5, 0.6) is 0 Å². The lowest BCUT2D eigenvalue weighted by Crippen LogP contribution is -2.13. The molecule has 26 heavy (non-hydrogen) atoms. The first kappa shape index (κ1) is 18.4. The highest BCUT2D eigenvalue weighted by atomic mass is 16.1. The summed E-state index contributed by atoms with van der Waals surface area (Å²) in [5, 5.41) is 1.15. The second-order valence-electron chi connectivity index (χ2n) is 8.51. The highest BCUT2D eigenvalue weighted by molar-refractivity contribution is 5.91. The lowest BCUT2D eigenvalue weighted by molar-refractivity contribution is 0.0941. The van der Waals surface area contributed by atoms with Gasteiger partial charge in [0.05, 0.1) is 5.52 Å². The van der Waals surface area contributed by atoms with Gasteiger partial charge in [-0.25, -0.2) is 0 Å². The molecule has 2 aromatic carbocycles. The van der Waals surface area contributed by atoms with E-state index in [1.165, 1.54) is 11.1 Å². The molecule has 1 unspecified atom stereocenters. The first-order valence-electron chi connectivity index (χ1n) is 9.49. The fourth-order valence-electron chi connectivity index (χ4n) is 3.80. The summed E-state index contributed by atoms with van der Waals surface area (Å²) in [5.74, 6) is 0.573. The first-order chi connectivity index (χ1) is 12.3. The predicted molar refractivity (Wildman–Crippen MR) is 110 cm³/mol. The molecular weight excluding hydrogens is 318 g/mol. The summed E-state index contributed by atoms with van der Waals surface area (Å²) in [4.78, 5) is 11.7. The van der Waals surface area contributed by atoms with E-state index in [1.54, 1.807) is 11.5 Å². The molecule has 0 spiro atoms. The van der Waals surface area contributed by atoms with Crippen LogP contribution in [0.1, 0.15) is 62.4 Å². The highest BCUT2D eigenvalue weighted by Crippen LogP contribution is 2.35. The van der Waals surface area contributed by atoms with Crippen molar-refractivity contribution in [3.8, 4) is 0 Å². The fourth-order valence-corrected chi connectivity index (χ4v) is 3.80. The third-order valence-corrected chi connectivity index (χ3v) is 5.01. The number of carbonyl (C=O) groups excluding carboxylic acids is 1. The lowest BCUT2D eigenvalue weighted by atomic mass is 9.78. The number of aromatic nitrogens is 1. The van der Waals surface area contributed by atoms with Gasteiger partial charge in [0.15, 0.2) is 0 Å². The molecule has 0 N–H and O–H groups in total. The van der Waals surface area contributed by atoms with Crippen LogP contribution < -0.4 is 0 Å². The minimum atomic E-state index is 0.0584. The minimum Gasteiger partial charge on any atom is -0.287 e. The van der Waals surface area contributed by atoms with E-state index < -0.39 is 0 Å². The van der Waals surface area contributed by atoms with Crippen LogP contribution in [-0.4, -0.2) is 10.5 Å². The number of hydrogen-bond donors (Lipinski definition) is 0. The van der Waals surface area contributed by atoms with E-state index in [0.717, 1.165) is 30.2 Å². The molecule has 0 radical (unpaired) electrons. The Bertz CT molecular complexity index is 883. The molecule has 0 aliphatic rings. The standard InChI is InChI=1S/C24H29NO/c1-18(26)25-15-14-21-16-20(12-13-23(21)25)22(17-24(2,3)4)11-10-19-8-6-5-7-9-19/h5-9,12-16,22H,10-11,17H2,1-4H3. The summed E-state index contributed by atoms with van der Waals surface area (Å²) in [6.45, 7) is 8.55. The summed E-state index contributed by atoms with van der Waals surface area (Å²) in [6, 6.07) is 19.4. The van der Waals surface area contributed by atoms with Gasteiger partial charge in [0.25, 0.3) is 0 Å². The molecule has 0 saturated carbocycles. The maximum absolute atomic E-state index is 11.7. The van der Waals surface area contributed by atoms with Gasteiger partial charge < -0.3 is 0 Å². The van der Waals surface area contributed by atoms with Crippen LogP contribution in [0, 0.1) is 5.41 Å². The SMILES string of the molecule is CC(=O)n1ccc2cc(C(CCc3ccccc3)CC(C)(C)C)ccc21. The van der Waals surface area contributed by atoms with Gasteiger partial charge in [-0.15, -0.1) is 0 Å². The zero-order valence-electron chi connectivity index (χ0n) is 16.3. The van der Waals surface area contributed by atoms with E-state index in [9.17, 15) is 4.79 Å². The summed E-state index contributed by atoms with van der Waals surface area (Å²) >= 11 is 0. The molecule has 3 rings (SSSR count). The Balaban J connectivity index is 1.88. The monoisotopic (exact) mass is 347 g/mol. The largest absolute Gasteiger partial charge is 0.287 e. The van der Waals surface area contributed by atoms with E-state index in [4.69, 9.17) is 0 Å². The molecule has 0 fully saturated rings. The van der Waals surface area contributed by atoms with E-state index in [1.807, 2.05) is 12.3 Å². The van der Waals surface area contributed by atoms with Gasteiger partial charge in [0.2, 0.25) is 5.91 Å². The van der Waals surface area contributed by atoms with E-state index >= 15 is 0 Å². The van der Waals surface area contributed by atoms with Crippen LogP contribution in [0.15, 0.2) is 60.8 Å². The summed E-state index contributed by atoms with van der Waals surface area (Å²) in [5.41, 5.74) is 4.06. The molecular formula is C24H29NO. The quantitative estimate of drug-likeness (QED) is 0.519. The molecule has 0 aliphatic carbocycles. The Morgan fingerprint density at radius 2 is 1.77 bits per heavy atom. The predicted octanol–water partition coefficient (Wildman–Crippen LogP) is 6.45. The van der Waals surface area contributed by atoms with Gasteiger partial charge in [-0.3, -0.25) is 9.36 Å². The number of rotatable bonds is 5. The normalized spacial score (nSPS) is 13.1. The smallest absolute Gasteiger partial charge is 0.227 e. The Hall–Kier alpha value is -2.35. The Kier molecular flexibility index (Phi) is 5.31. The van der Waals surface area contributed by atoms with Crippen LogP contribution in [0.4, 0.5) is 0 Å². The van der Waals surface area contributed by atoms with Gasteiger partial charge >= 0.3 is 0 Å². The zero-order chi connectivity index (χ0) is 18.7. The van der Waals surface area contributed by atoms with Crippen LogP contribution in [0.25, 0.3) is 10.9 Å². The molecule has 1 heterocycles. The van der Waals surface area contributed by atoms with Crippen molar-refractivity contribution in [2.24, 2.45) is 5.41 Å². The molecule has 2 nitrogen and oxygen atoms in total. The van der Waals surface area contributed by atoms with Crippen molar-refractivity contribution in [1.29, 1.82) is 0 Å². The summed E-state index contributed by atoms with van der Waals surface area (Å²) < 4.78 is 1.72. The van der Waals surface area contributed by atoms with E-state index in [-0.39, 0.29) is 11.3 Å². The first-order valence-corrected chi connectivity index (χ1v) is 9.49. The van der Waals surface area contributed by atoms with Crippen LogP contribution in [-0.2, 0) is 6.42 Å². The number of benzene rings is 2. The number of aryl methyl sites for hydroxylation is 1. The average molecular weight is 348 g/mol. The molecule has 2 heteroatoms. The third kappa shape index (κ3) is 4.43. The van der Waals surface area contributed by atoms with Crippen molar-refractivity contribution in [3.63, 3.8) is 0 Å². The molecule has 1 aromatic heterocycles. The summed E-state index contributed by atoms with van der Waals surface area (Å²) in [6.07, 6.45) is 5.26. The van der Waals surface area contributed by atoms with Crippen molar-refractivity contribution in [2.45, 2.75) is 52.9 Å². The Morgan fingerprint density at radius 1 is 1.04 bits per heavy atom. The lowest BCUT2D eigenvalue weighted by Gasteiger charge is -2.27. The number of nitrogens with zero attached hydrogens (tertiary/aromatic N) is 1. The van der Waals surface area contributed by atoms with Crippen LogP contribution in [0.3, 0.4) is 0 Å². The molecule has 1 atom stereocenters. The number of hydrogen-bond acceptors (Lipinski definition) is 1. The van der Waals surface area contributed by atoms with E-state index in [0.29, 0.717) is 5.92 Å². The molecule has 0 amide bonds. The minimum absolute atomic E-state index is 0.0584. The van der Waals surface area contributed by atoms with Gasteiger partial charge in [-0.1, -0.05) is 57.2 Å². The molecule has 0 bridgehead atoms. The van der Waals surface area contributed by atoms with Crippen LogP contribution in [0.2, 0.25) is 0 Å². The zero-order valence-corrected chi connectivity index (χ0v) is 16.3. The summed E-state index contributed by atoms with van der Waals surface area (Å²) in [7, 11) is 0. The van der Waals surface area contributed by atoms with Gasteiger partial charge in [0, 0.05) is 18.5 Å². The Morgan fingerprint density at radius 3 is 2.42 bits per heavy atom. The second kappa shape index (κ2) is 7.49. The van der Waals surface area contributed by atoms with Crippen molar-refractivity contribution in [3.05, 3.63) is 71.9 Å². The van der Waals surface area contributed by atoms with Gasteiger partial charge in [-0.05, 0) is 59.9 Å². The highest BCUT2D eigenvalue weighted by Gasteiger charge is 2.21. The van der Waals surface area contributed by atoms with Crippen molar-refractivity contribution in [2.75, 3.05) is 0 Å². The Labute approximate surface area is 156 Å². The molecule has 0 saturated heterocycles. The van der Waals surface area contributed by atoms with Crippen molar-refractivity contribution < 1.29 is 4.79 Å².